The first-order valence-electron chi connectivity index (χ1n) is 8.99. The zero-order chi connectivity index (χ0) is 20.6. The standard InChI is InChI=1S/C21H19NO7/c23-18(27-13-15-7-3-1-4-8-15)12-11-17-19(24)29-21(26)22(17)20(25)28-14-16-9-5-2-6-10-16/h1-10,17H,11-14H2/t17-/m0/s1. The van der Waals surface area contributed by atoms with Crippen LogP contribution in [0.25, 0.3) is 0 Å². The van der Waals surface area contributed by atoms with Crippen LogP contribution in [-0.4, -0.2) is 35.1 Å². The van der Waals surface area contributed by atoms with E-state index in [0.29, 0.717) is 4.90 Å². The predicted molar refractivity (Wildman–Crippen MR) is 99.2 cm³/mol. The molecule has 8 heteroatoms. The van der Waals surface area contributed by atoms with Gasteiger partial charge in [-0.05, 0) is 17.5 Å². The van der Waals surface area contributed by atoms with Crippen LogP contribution in [-0.2, 0) is 37.0 Å². The van der Waals surface area contributed by atoms with Gasteiger partial charge in [0.2, 0.25) is 0 Å². The molecule has 1 aliphatic rings. The van der Waals surface area contributed by atoms with Gasteiger partial charge in [-0.1, -0.05) is 60.7 Å². The lowest BCUT2D eigenvalue weighted by molar-refractivity contribution is -0.145. The molecular formula is C21H19NO7. The van der Waals surface area contributed by atoms with E-state index in [1.165, 1.54) is 0 Å². The summed E-state index contributed by atoms with van der Waals surface area (Å²) in [6.45, 7) is 0.0278. The van der Waals surface area contributed by atoms with Crippen LogP contribution in [0.1, 0.15) is 24.0 Å². The fourth-order valence-corrected chi connectivity index (χ4v) is 2.74. The first-order valence-corrected chi connectivity index (χ1v) is 8.99. The van der Waals surface area contributed by atoms with Crippen molar-refractivity contribution in [2.75, 3.05) is 0 Å². The van der Waals surface area contributed by atoms with E-state index in [1.807, 2.05) is 36.4 Å². The van der Waals surface area contributed by atoms with Crippen molar-refractivity contribution < 1.29 is 33.4 Å². The number of benzene rings is 2. The summed E-state index contributed by atoms with van der Waals surface area (Å²) in [5, 5.41) is 0. The zero-order valence-corrected chi connectivity index (χ0v) is 15.5. The fourth-order valence-electron chi connectivity index (χ4n) is 2.74. The number of ether oxygens (including phenoxy) is 3. The van der Waals surface area contributed by atoms with E-state index in [0.717, 1.165) is 11.1 Å². The van der Waals surface area contributed by atoms with Crippen molar-refractivity contribution >= 4 is 24.1 Å². The van der Waals surface area contributed by atoms with Crippen molar-refractivity contribution in [3.63, 3.8) is 0 Å². The molecule has 150 valence electrons. The molecule has 1 saturated heterocycles. The summed E-state index contributed by atoms with van der Waals surface area (Å²) in [6, 6.07) is 16.8. The Bertz CT molecular complexity index is 882. The van der Waals surface area contributed by atoms with Crippen molar-refractivity contribution in [1.82, 2.24) is 4.90 Å². The van der Waals surface area contributed by atoms with Crippen molar-refractivity contribution in [3.8, 4) is 0 Å². The molecule has 0 N–H and O–H groups in total. The van der Waals surface area contributed by atoms with E-state index in [2.05, 4.69) is 4.74 Å². The quantitative estimate of drug-likeness (QED) is 0.402. The van der Waals surface area contributed by atoms with Crippen LogP contribution in [0.5, 0.6) is 0 Å². The summed E-state index contributed by atoms with van der Waals surface area (Å²) in [5.41, 5.74) is 1.54. The third-order valence-electron chi connectivity index (χ3n) is 4.23. The number of hydrogen-bond acceptors (Lipinski definition) is 7. The highest BCUT2D eigenvalue weighted by atomic mass is 16.6. The summed E-state index contributed by atoms with van der Waals surface area (Å²) in [6.07, 6.45) is -2.40. The first kappa shape index (κ1) is 20.1. The molecule has 1 aliphatic heterocycles. The predicted octanol–water partition coefficient (Wildman–Crippen LogP) is 3.19. The topological polar surface area (TPSA) is 99.2 Å². The Balaban J connectivity index is 1.52. The minimum Gasteiger partial charge on any atom is -0.461 e. The summed E-state index contributed by atoms with van der Waals surface area (Å²) in [7, 11) is 0. The number of hydrogen-bond donors (Lipinski definition) is 0. The van der Waals surface area contributed by atoms with E-state index in [1.54, 1.807) is 24.3 Å². The van der Waals surface area contributed by atoms with Gasteiger partial charge in [0.15, 0.2) is 0 Å². The molecule has 1 atom stereocenters. The van der Waals surface area contributed by atoms with Crippen molar-refractivity contribution in [2.45, 2.75) is 32.1 Å². The van der Waals surface area contributed by atoms with Gasteiger partial charge in [0, 0.05) is 6.42 Å². The van der Waals surface area contributed by atoms with Gasteiger partial charge in [-0.2, -0.15) is 4.90 Å². The van der Waals surface area contributed by atoms with Gasteiger partial charge in [-0.25, -0.2) is 14.4 Å². The molecule has 0 radical (unpaired) electrons. The number of rotatable bonds is 7. The molecule has 0 spiro atoms. The highest BCUT2D eigenvalue weighted by Crippen LogP contribution is 2.20. The summed E-state index contributed by atoms with van der Waals surface area (Å²) in [4.78, 5) is 48.6. The number of cyclic esters (lactones) is 2. The van der Waals surface area contributed by atoms with Crippen LogP contribution in [0.15, 0.2) is 60.7 Å². The van der Waals surface area contributed by atoms with Crippen molar-refractivity contribution in [2.24, 2.45) is 0 Å². The molecule has 8 nitrogen and oxygen atoms in total. The highest BCUT2D eigenvalue weighted by molar-refractivity contribution is 6.03. The number of amides is 2. The van der Waals surface area contributed by atoms with Crippen molar-refractivity contribution in [1.29, 1.82) is 0 Å². The minimum absolute atomic E-state index is 0.0660. The minimum atomic E-state index is -1.23. The molecule has 0 bridgehead atoms. The Morgan fingerprint density at radius 2 is 1.41 bits per heavy atom. The van der Waals surface area contributed by atoms with Crippen LogP contribution in [0.2, 0.25) is 0 Å². The van der Waals surface area contributed by atoms with Crippen LogP contribution < -0.4 is 0 Å². The van der Waals surface area contributed by atoms with Crippen molar-refractivity contribution in [3.05, 3.63) is 71.8 Å². The Morgan fingerprint density at radius 3 is 2.00 bits per heavy atom. The lowest BCUT2D eigenvalue weighted by atomic mass is 10.1. The molecule has 0 aliphatic carbocycles. The van der Waals surface area contributed by atoms with E-state index in [9.17, 15) is 19.2 Å². The SMILES string of the molecule is O=C(CC[C@H]1C(=O)OC(=O)N1C(=O)OCc1ccccc1)OCc1ccccc1. The van der Waals surface area contributed by atoms with Gasteiger partial charge in [0.1, 0.15) is 19.3 Å². The average Bonchev–Trinajstić information content (AvgIpc) is 3.03. The molecule has 0 aromatic heterocycles. The van der Waals surface area contributed by atoms with E-state index in [-0.39, 0.29) is 26.1 Å². The third kappa shape index (κ3) is 5.41. The molecule has 29 heavy (non-hydrogen) atoms. The molecule has 3 rings (SSSR count). The zero-order valence-electron chi connectivity index (χ0n) is 15.5. The van der Waals surface area contributed by atoms with Crippen LogP contribution in [0.3, 0.4) is 0 Å². The molecule has 1 fully saturated rings. The maximum absolute atomic E-state index is 12.3. The van der Waals surface area contributed by atoms with E-state index in [4.69, 9.17) is 9.47 Å². The number of carbonyl (C=O) groups is 4. The first-order chi connectivity index (χ1) is 14.0. The second kappa shape index (κ2) is 9.50. The second-order valence-corrected chi connectivity index (χ2v) is 6.30. The largest absolute Gasteiger partial charge is 0.461 e. The molecule has 2 amide bonds. The second-order valence-electron chi connectivity index (χ2n) is 6.30. The number of imide groups is 1. The number of carbonyl (C=O) groups excluding carboxylic acids is 4. The lowest BCUT2D eigenvalue weighted by Gasteiger charge is -2.17. The van der Waals surface area contributed by atoms with Crippen LogP contribution >= 0.6 is 0 Å². The van der Waals surface area contributed by atoms with Gasteiger partial charge in [0.05, 0.1) is 0 Å². The maximum atomic E-state index is 12.3. The smallest absolute Gasteiger partial charge is 0.427 e. The molecule has 1 heterocycles. The lowest BCUT2D eigenvalue weighted by Crippen LogP contribution is -2.40. The fraction of sp³-hybridized carbons (Fsp3) is 0.238. The Kier molecular flexibility index (Phi) is 6.57. The average molecular weight is 397 g/mol. The highest BCUT2D eigenvalue weighted by Gasteiger charge is 2.46. The summed E-state index contributed by atoms with van der Waals surface area (Å²) >= 11 is 0. The summed E-state index contributed by atoms with van der Waals surface area (Å²) < 4.78 is 14.7. The third-order valence-corrected chi connectivity index (χ3v) is 4.23. The molecule has 0 unspecified atom stereocenters. The molecular weight excluding hydrogens is 378 g/mol. The molecule has 0 saturated carbocycles. The Morgan fingerprint density at radius 1 is 0.862 bits per heavy atom. The maximum Gasteiger partial charge on any atom is 0.427 e. The van der Waals surface area contributed by atoms with E-state index >= 15 is 0 Å². The van der Waals surface area contributed by atoms with Gasteiger partial charge in [0.25, 0.3) is 0 Å². The Hall–Kier alpha value is -3.68. The number of esters is 2. The van der Waals surface area contributed by atoms with Gasteiger partial charge >= 0.3 is 24.1 Å². The van der Waals surface area contributed by atoms with Gasteiger partial charge < -0.3 is 14.2 Å². The van der Waals surface area contributed by atoms with Crippen LogP contribution in [0.4, 0.5) is 9.59 Å². The number of nitrogens with zero attached hydrogens (tertiary/aromatic N) is 1. The van der Waals surface area contributed by atoms with E-state index < -0.39 is 30.2 Å². The van der Waals surface area contributed by atoms with Crippen LogP contribution in [0, 0.1) is 0 Å². The summed E-state index contributed by atoms with van der Waals surface area (Å²) in [5.74, 6) is -1.46. The molecule has 2 aromatic rings. The van der Waals surface area contributed by atoms with Gasteiger partial charge in [-0.15, -0.1) is 0 Å². The van der Waals surface area contributed by atoms with Gasteiger partial charge in [-0.3, -0.25) is 4.79 Å². The monoisotopic (exact) mass is 397 g/mol. The Labute approximate surface area is 167 Å². The molecule has 2 aromatic carbocycles. The normalized spacial score (nSPS) is 15.7.